The molecule has 0 bridgehead atoms. The average Bonchev–Trinajstić information content (AvgIpc) is 2.03. The second-order valence-electron chi connectivity index (χ2n) is 2.55. The Bertz CT molecular complexity index is 237. The topological polar surface area (TPSA) is 59.1 Å². The maximum Gasteiger partial charge on any atom is 0.0927 e. The van der Waals surface area contributed by atoms with Crippen molar-refractivity contribution in [3.05, 3.63) is 29.6 Å². The Hall–Kier alpha value is -0.930. The van der Waals surface area contributed by atoms with Crippen LogP contribution < -0.4 is 5.73 Å². The van der Waals surface area contributed by atoms with Crippen LogP contribution in [0.4, 0.5) is 0 Å². The molecule has 0 aliphatic carbocycles. The number of aromatic nitrogens is 1. The number of aliphatic hydroxyl groups is 1. The predicted octanol–water partition coefficient (Wildman–Crippen LogP) is 0.382. The molecule has 1 unspecified atom stereocenters. The van der Waals surface area contributed by atoms with Crippen LogP contribution in [0.25, 0.3) is 0 Å². The Balaban J connectivity index is 2.86. The Kier molecular flexibility index (Phi) is 2.57. The van der Waals surface area contributed by atoms with Crippen molar-refractivity contribution in [2.45, 2.75) is 13.0 Å². The van der Waals surface area contributed by atoms with Gasteiger partial charge in [0.15, 0.2) is 0 Å². The summed E-state index contributed by atoms with van der Waals surface area (Å²) in [6.07, 6.45) is 2.79. The third-order valence-corrected chi connectivity index (χ3v) is 1.50. The summed E-state index contributed by atoms with van der Waals surface area (Å²) >= 11 is 0. The highest BCUT2D eigenvalue weighted by Gasteiger charge is 2.03. The van der Waals surface area contributed by atoms with Crippen molar-refractivity contribution in [1.82, 2.24) is 4.98 Å². The lowest BCUT2D eigenvalue weighted by atomic mass is 10.1. The highest BCUT2D eigenvalue weighted by atomic mass is 16.3. The summed E-state index contributed by atoms with van der Waals surface area (Å²) in [5.74, 6) is 0. The minimum atomic E-state index is -0.581. The van der Waals surface area contributed by atoms with Crippen LogP contribution in [0.5, 0.6) is 0 Å². The number of pyridine rings is 1. The van der Waals surface area contributed by atoms with Crippen LogP contribution in [0.3, 0.4) is 0 Å². The van der Waals surface area contributed by atoms with Crippen LogP contribution in [-0.2, 0) is 0 Å². The number of nitrogens with two attached hydrogens (primary N) is 1. The van der Waals surface area contributed by atoms with E-state index < -0.39 is 6.10 Å². The summed E-state index contributed by atoms with van der Waals surface area (Å²) in [5, 5.41) is 9.29. The Labute approximate surface area is 65.9 Å². The maximum atomic E-state index is 9.29. The maximum absolute atomic E-state index is 9.29. The van der Waals surface area contributed by atoms with Gasteiger partial charge in [-0.1, -0.05) is 6.07 Å². The van der Waals surface area contributed by atoms with Gasteiger partial charge >= 0.3 is 0 Å². The molecule has 0 spiro atoms. The molecule has 1 heterocycles. The van der Waals surface area contributed by atoms with Crippen LogP contribution in [0.15, 0.2) is 18.5 Å². The fourth-order valence-corrected chi connectivity index (χ4v) is 0.897. The molecule has 1 aromatic rings. The molecule has 60 valence electrons. The van der Waals surface area contributed by atoms with Crippen molar-refractivity contribution in [2.24, 2.45) is 5.73 Å². The first-order chi connectivity index (χ1) is 5.24. The highest BCUT2D eigenvalue weighted by Crippen LogP contribution is 2.10. The number of nitrogens with zero attached hydrogens (tertiary/aromatic N) is 1. The minimum Gasteiger partial charge on any atom is -0.387 e. The molecule has 3 N–H and O–H groups in total. The van der Waals surface area contributed by atoms with E-state index in [1.54, 1.807) is 12.4 Å². The third kappa shape index (κ3) is 2.00. The van der Waals surface area contributed by atoms with Crippen LogP contribution in [0.1, 0.15) is 17.2 Å². The van der Waals surface area contributed by atoms with E-state index in [-0.39, 0.29) is 6.54 Å². The Morgan fingerprint density at radius 1 is 1.64 bits per heavy atom. The van der Waals surface area contributed by atoms with Gasteiger partial charge in [-0.25, -0.2) is 0 Å². The number of hydrogen-bond acceptors (Lipinski definition) is 3. The van der Waals surface area contributed by atoms with Crippen molar-refractivity contribution in [1.29, 1.82) is 0 Å². The molecule has 0 aromatic carbocycles. The Morgan fingerprint density at radius 2 is 2.36 bits per heavy atom. The summed E-state index contributed by atoms with van der Waals surface area (Å²) in [6, 6.07) is 1.88. The van der Waals surface area contributed by atoms with E-state index in [0.717, 1.165) is 11.1 Å². The number of hydrogen-bond donors (Lipinski definition) is 2. The molecule has 0 aliphatic heterocycles. The lowest BCUT2D eigenvalue weighted by Gasteiger charge is -2.06. The first-order valence-corrected chi connectivity index (χ1v) is 3.53. The molecule has 3 heteroatoms. The molecule has 0 fully saturated rings. The first-order valence-electron chi connectivity index (χ1n) is 3.53. The standard InChI is InChI=1S/C8H12N2O/c1-6-2-7(5-10-4-6)8(11)3-9/h2,4-5,8,11H,3,9H2,1H3. The molecular formula is C8H12N2O. The molecular weight excluding hydrogens is 140 g/mol. The van der Waals surface area contributed by atoms with E-state index in [1.807, 2.05) is 13.0 Å². The lowest BCUT2D eigenvalue weighted by molar-refractivity contribution is 0.186. The van der Waals surface area contributed by atoms with Gasteiger partial charge < -0.3 is 10.8 Å². The molecule has 1 atom stereocenters. The van der Waals surface area contributed by atoms with Crippen molar-refractivity contribution >= 4 is 0 Å². The van der Waals surface area contributed by atoms with Crippen LogP contribution >= 0.6 is 0 Å². The molecule has 0 radical (unpaired) electrons. The van der Waals surface area contributed by atoms with Gasteiger partial charge in [0.25, 0.3) is 0 Å². The molecule has 1 aromatic heterocycles. The highest BCUT2D eigenvalue weighted by molar-refractivity contribution is 5.18. The van der Waals surface area contributed by atoms with Crippen LogP contribution in [0.2, 0.25) is 0 Å². The second kappa shape index (κ2) is 3.46. The third-order valence-electron chi connectivity index (χ3n) is 1.50. The van der Waals surface area contributed by atoms with E-state index in [1.165, 1.54) is 0 Å². The summed E-state index contributed by atoms with van der Waals surface area (Å²) < 4.78 is 0. The number of aryl methyl sites for hydroxylation is 1. The van der Waals surface area contributed by atoms with Gasteiger partial charge in [0.1, 0.15) is 0 Å². The van der Waals surface area contributed by atoms with Gasteiger partial charge in [0.2, 0.25) is 0 Å². The zero-order valence-corrected chi connectivity index (χ0v) is 6.49. The molecule has 0 saturated carbocycles. The van der Waals surface area contributed by atoms with Crippen molar-refractivity contribution < 1.29 is 5.11 Å². The molecule has 11 heavy (non-hydrogen) atoms. The van der Waals surface area contributed by atoms with Crippen molar-refractivity contribution in [3.8, 4) is 0 Å². The SMILES string of the molecule is Cc1cncc(C(O)CN)c1. The van der Waals surface area contributed by atoms with E-state index in [4.69, 9.17) is 5.73 Å². The molecule has 0 amide bonds. The molecule has 1 rings (SSSR count). The number of rotatable bonds is 2. The summed E-state index contributed by atoms with van der Waals surface area (Å²) in [5.41, 5.74) is 7.10. The van der Waals surface area contributed by atoms with E-state index in [9.17, 15) is 5.11 Å². The smallest absolute Gasteiger partial charge is 0.0927 e. The van der Waals surface area contributed by atoms with Crippen molar-refractivity contribution in [3.63, 3.8) is 0 Å². The fraction of sp³-hybridized carbons (Fsp3) is 0.375. The van der Waals surface area contributed by atoms with E-state index in [0.29, 0.717) is 0 Å². The second-order valence-corrected chi connectivity index (χ2v) is 2.55. The van der Waals surface area contributed by atoms with Gasteiger partial charge in [-0.3, -0.25) is 4.98 Å². The molecule has 0 saturated heterocycles. The van der Waals surface area contributed by atoms with Crippen molar-refractivity contribution in [2.75, 3.05) is 6.54 Å². The largest absolute Gasteiger partial charge is 0.387 e. The summed E-state index contributed by atoms with van der Waals surface area (Å²) in [7, 11) is 0. The van der Waals surface area contributed by atoms with Gasteiger partial charge in [-0.15, -0.1) is 0 Å². The quantitative estimate of drug-likeness (QED) is 0.644. The zero-order chi connectivity index (χ0) is 8.27. The van der Waals surface area contributed by atoms with Gasteiger partial charge in [0.05, 0.1) is 6.10 Å². The Morgan fingerprint density at radius 3 is 2.91 bits per heavy atom. The van der Waals surface area contributed by atoms with Gasteiger partial charge in [-0.2, -0.15) is 0 Å². The van der Waals surface area contributed by atoms with Gasteiger partial charge in [0, 0.05) is 24.5 Å². The summed E-state index contributed by atoms with van der Waals surface area (Å²) in [4.78, 5) is 3.94. The van der Waals surface area contributed by atoms with E-state index >= 15 is 0 Å². The number of aliphatic hydroxyl groups excluding tert-OH is 1. The lowest BCUT2D eigenvalue weighted by Crippen LogP contribution is -2.11. The zero-order valence-electron chi connectivity index (χ0n) is 6.49. The normalized spacial score (nSPS) is 13.0. The van der Waals surface area contributed by atoms with Gasteiger partial charge in [-0.05, 0) is 12.5 Å². The monoisotopic (exact) mass is 152 g/mol. The molecule has 0 aliphatic rings. The predicted molar refractivity (Wildman–Crippen MR) is 43.0 cm³/mol. The fourth-order valence-electron chi connectivity index (χ4n) is 0.897. The first kappa shape index (κ1) is 8.17. The minimum absolute atomic E-state index is 0.241. The summed E-state index contributed by atoms with van der Waals surface area (Å²) in [6.45, 7) is 2.17. The average molecular weight is 152 g/mol. The van der Waals surface area contributed by atoms with E-state index in [2.05, 4.69) is 4.98 Å². The van der Waals surface area contributed by atoms with Crippen LogP contribution in [0, 0.1) is 6.92 Å². The van der Waals surface area contributed by atoms with Crippen LogP contribution in [-0.4, -0.2) is 16.6 Å². The molecule has 3 nitrogen and oxygen atoms in total.